The van der Waals surface area contributed by atoms with E-state index in [0.717, 1.165) is 23.4 Å². The lowest BCUT2D eigenvalue weighted by Gasteiger charge is -2.26. The number of nitrogens with zero attached hydrogens (tertiary/aromatic N) is 1. The third-order valence-corrected chi connectivity index (χ3v) is 7.09. The van der Waals surface area contributed by atoms with E-state index in [0.29, 0.717) is 5.69 Å². The van der Waals surface area contributed by atoms with Crippen molar-refractivity contribution < 1.29 is 19.7 Å². The van der Waals surface area contributed by atoms with Crippen molar-refractivity contribution in [1.82, 2.24) is 0 Å². The van der Waals surface area contributed by atoms with E-state index in [9.17, 15) is 14.4 Å². The van der Waals surface area contributed by atoms with Gasteiger partial charge in [0.15, 0.2) is 0 Å². The van der Waals surface area contributed by atoms with Crippen molar-refractivity contribution in [1.29, 1.82) is 0 Å². The summed E-state index contributed by atoms with van der Waals surface area (Å²) in [5.74, 6) is -1.01. The fraction of sp³-hybridized carbons (Fsp3) is 0.318. The van der Waals surface area contributed by atoms with E-state index in [-0.39, 0.29) is 23.8 Å². The molecule has 6 nitrogen and oxygen atoms in total. The first-order chi connectivity index (χ1) is 14.1. The van der Waals surface area contributed by atoms with E-state index in [1.54, 1.807) is 23.9 Å². The molecule has 7 heteroatoms. The number of fused-ring (bicyclic) bond motifs is 4. The molecule has 3 heterocycles. The fourth-order valence-corrected chi connectivity index (χ4v) is 5.78. The second-order valence-electron chi connectivity index (χ2n) is 7.83. The predicted octanol–water partition coefficient (Wildman–Crippen LogP) is 1.34. The Morgan fingerprint density at radius 1 is 1.03 bits per heavy atom. The largest absolute Gasteiger partial charge is 0.326 e. The topological polar surface area (TPSA) is 83.1 Å². The third kappa shape index (κ3) is 2.44. The van der Waals surface area contributed by atoms with Gasteiger partial charge in [-0.2, -0.15) is 11.8 Å². The number of rotatable bonds is 4. The van der Waals surface area contributed by atoms with E-state index in [2.05, 4.69) is 5.32 Å². The summed E-state index contributed by atoms with van der Waals surface area (Å²) in [4.78, 5) is 41.7. The van der Waals surface area contributed by atoms with Gasteiger partial charge in [0.1, 0.15) is 17.9 Å². The number of hydrogen-bond donors (Lipinski definition) is 2. The predicted molar refractivity (Wildman–Crippen MR) is 111 cm³/mol. The number of thioether (sulfide) groups is 1. The van der Waals surface area contributed by atoms with Gasteiger partial charge in [-0.3, -0.25) is 14.4 Å². The van der Waals surface area contributed by atoms with Crippen LogP contribution in [0.2, 0.25) is 0 Å². The zero-order chi connectivity index (χ0) is 20.2. The van der Waals surface area contributed by atoms with Crippen LogP contribution in [0.5, 0.6) is 0 Å². The molecule has 2 aromatic rings. The molecule has 0 radical (unpaired) electrons. The number of nitrogens with one attached hydrogen (secondary N) is 1. The Bertz CT molecular complexity index is 1010. The van der Waals surface area contributed by atoms with Gasteiger partial charge in [-0.05, 0) is 30.2 Å². The quantitative estimate of drug-likeness (QED) is 0.748. The summed E-state index contributed by atoms with van der Waals surface area (Å²) in [5, 5.41) is 4.95. The van der Waals surface area contributed by atoms with Gasteiger partial charge in [0.2, 0.25) is 17.4 Å². The van der Waals surface area contributed by atoms with Crippen LogP contribution in [0, 0.1) is 11.8 Å². The maximum absolute atomic E-state index is 13.6. The molecule has 2 saturated heterocycles. The number of para-hydroxylation sites is 2. The van der Waals surface area contributed by atoms with Crippen LogP contribution < -0.4 is 15.5 Å². The third-order valence-electron chi connectivity index (χ3n) is 6.45. The molecule has 3 N–H and O–H groups in total. The Morgan fingerprint density at radius 3 is 2.52 bits per heavy atom. The molecule has 148 valence electrons. The zero-order valence-electron chi connectivity index (χ0n) is 16.0. The normalized spacial score (nSPS) is 30.0. The van der Waals surface area contributed by atoms with E-state index in [4.69, 9.17) is 0 Å². The molecule has 0 saturated carbocycles. The van der Waals surface area contributed by atoms with Crippen LogP contribution in [0.15, 0.2) is 54.6 Å². The highest BCUT2D eigenvalue weighted by molar-refractivity contribution is 7.98. The van der Waals surface area contributed by atoms with Crippen LogP contribution in [0.1, 0.15) is 12.0 Å². The molecule has 29 heavy (non-hydrogen) atoms. The maximum atomic E-state index is 13.6. The number of carbonyl (C=O) groups excluding carboxylic acids is 3. The molecular weight excluding hydrogens is 386 g/mol. The second kappa shape index (κ2) is 6.71. The van der Waals surface area contributed by atoms with Crippen molar-refractivity contribution in [3.8, 4) is 0 Å². The SMILES string of the molecule is CSCC[C@@H]1[NH2+][C@]2(C(=O)Nc3ccccc32)[C@@H]2C(=O)N(c3ccccc3)C(=O)[C@@H]12. The molecule has 0 aliphatic carbocycles. The Labute approximate surface area is 173 Å². The molecule has 2 fully saturated rings. The van der Waals surface area contributed by atoms with Gasteiger partial charge in [-0.15, -0.1) is 0 Å². The van der Waals surface area contributed by atoms with Crippen molar-refractivity contribution in [3.63, 3.8) is 0 Å². The summed E-state index contributed by atoms with van der Waals surface area (Å²) >= 11 is 1.71. The van der Waals surface area contributed by atoms with Gasteiger partial charge < -0.3 is 10.6 Å². The lowest BCUT2D eigenvalue weighted by atomic mass is 9.76. The van der Waals surface area contributed by atoms with Crippen LogP contribution >= 0.6 is 11.8 Å². The zero-order valence-corrected chi connectivity index (χ0v) is 16.8. The number of nitrogens with two attached hydrogens (primary N) is 1. The maximum Gasteiger partial charge on any atom is 0.291 e. The minimum Gasteiger partial charge on any atom is -0.326 e. The molecule has 5 rings (SSSR count). The molecule has 0 unspecified atom stereocenters. The van der Waals surface area contributed by atoms with E-state index < -0.39 is 17.4 Å². The number of imide groups is 1. The van der Waals surface area contributed by atoms with Crippen LogP contribution in [-0.2, 0) is 19.9 Å². The molecule has 0 aromatic heterocycles. The Morgan fingerprint density at radius 2 is 1.76 bits per heavy atom. The highest BCUT2D eigenvalue weighted by atomic mass is 32.2. The average Bonchev–Trinajstić information content (AvgIpc) is 3.32. The summed E-state index contributed by atoms with van der Waals surface area (Å²) in [6, 6.07) is 16.4. The Balaban J connectivity index is 1.65. The van der Waals surface area contributed by atoms with E-state index in [1.807, 2.05) is 54.0 Å². The molecule has 0 bridgehead atoms. The van der Waals surface area contributed by atoms with Crippen molar-refractivity contribution in [2.45, 2.75) is 18.0 Å². The minimum absolute atomic E-state index is 0.116. The molecular formula is C22H22N3O3S+. The van der Waals surface area contributed by atoms with Crippen molar-refractivity contribution in [2.24, 2.45) is 11.8 Å². The van der Waals surface area contributed by atoms with E-state index >= 15 is 0 Å². The first kappa shape index (κ1) is 18.4. The lowest BCUT2D eigenvalue weighted by molar-refractivity contribution is -0.733. The second-order valence-corrected chi connectivity index (χ2v) is 8.82. The van der Waals surface area contributed by atoms with Gasteiger partial charge in [-0.1, -0.05) is 36.4 Å². The number of anilines is 2. The summed E-state index contributed by atoms with van der Waals surface area (Å²) in [6.45, 7) is 0. The minimum atomic E-state index is -1.08. The molecule has 2 aromatic carbocycles. The van der Waals surface area contributed by atoms with Crippen LogP contribution in [-0.4, -0.2) is 35.8 Å². The summed E-state index contributed by atoms with van der Waals surface area (Å²) < 4.78 is 0. The molecule has 3 aliphatic heterocycles. The first-order valence-electron chi connectivity index (χ1n) is 9.78. The molecule has 1 spiro atoms. The first-order valence-corrected chi connectivity index (χ1v) is 11.2. The van der Waals surface area contributed by atoms with E-state index in [1.165, 1.54) is 4.90 Å². The highest BCUT2D eigenvalue weighted by Gasteiger charge is 2.74. The number of amides is 3. The van der Waals surface area contributed by atoms with Crippen molar-refractivity contribution >= 4 is 40.9 Å². The molecule has 3 amide bonds. The number of benzene rings is 2. The van der Waals surface area contributed by atoms with Gasteiger partial charge in [0, 0.05) is 12.0 Å². The van der Waals surface area contributed by atoms with Crippen molar-refractivity contribution in [3.05, 3.63) is 60.2 Å². The molecule has 4 atom stereocenters. The standard InChI is InChI=1S/C22H21N3O3S/c1-29-12-11-16-17-18(20(27)25(19(17)26)13-7-3-2-4-8-13)22(24-16)14-9-5-6-10-15(14)23-21(22)28/h2-10,16-18,24H,11-12H2,1H3,(H,23,28)/p+1/t16-,17-,18-,22-/m0/s1. The van der Waals surface area contributed by atoms with Crippen LogP contribution in [0.3, 0.4) is 0 Å². The lowest BCUT2D eigenvalue weighted by Crippen LogP contribution is -2.99. The number of carbonyl (C=O) groups is 3. The van der Waals surface area contributed by atoms with Crippen molar-refractivity contribution in [2.75, 3.05) is 22.2 Å². The summed E-state index contributed by atoms with van der Waals surface area (Å²) in [7, 11) is 0. The van der Waals surface area contributed by atoms with Crippen LogP contribution in [0.4, 0.5) is 11.4 Å². The Hall–Kier alpha value is -2.64. The summed E-state index contributed by atoms with van der Waals surface area (Å²) in [6.07, 6.45) is 2.79. The smallest absolute Gasteiger partial charge is 0.291 e. The highest BCUT2D eigenvalue weighted by Crippen LogP contribution is 2.50. The monoisotopic (exact) mass is 408 g/mol. The van der Waals surface area contributed by atoms with Gasteiger partial charge in [-0.25, -0.2) is 4.90 Å². The fourth-order valence-electron chi connectivity index (χ4n) is 5.27. The Kier molecular flexibility index (Phi) is 4.26. The number of hydrogen-bond acceptors (Lipinski definition) is 4. The average molecular weight is 409 g/mol. The van der Waals surface area contributed by atoms with Gasteiger partial charge in [0.25, 0.3) is 5.91 Å². The van der Waals surface area contributed by atoms with Gasteiger partial charge >= 0.3 is 0 Å². The van der Waals surface area contributed by atoms with Gasteiger partial charge in [0.05, 0.1) is 11.4 Å². The molecule has 3 aliphatic rings. The summed E-state index contributed by atoms with van der Waals surface area (Å²) in [5.41, 5.74) is 1.03. The van der Waals surface area contributed by atoms with Crippen LogP contribution in [0.25, 0.3) is 0 Å². The number of quaternary nitrogens is 1.